The van der Waals surface area contributed by atoms with Gasteiger partial charge in [-0.1, -0.05) is 30.0 Å². The van der Waals surface area contributed by atoms with Gasteiger partial charge in [0.1, 0.15) is 15.8 Å². The van der Waals surface area contributed by atoms with Crippen molar-refractivity contribution in [3.63, 3.8) is 0 Å². The van der Waals surface area contributed by atoms with Crippen molar-refractivity contribution in [1.82, 2.24) is 14.3 Å². The molecular formula is C22H24N4O4S2. The van der Waals surface area contributed by atoms with E-state index in [1.807, 2.05) is 13.0 Å². The highest BCUT2D eigenvalue weighted by Crippen LogP contribution is 2.34. The number of rotatable bonds is 6. The molecule has 0 aromatic carbocycles. The van der Waals surface area contributed by atoms with Crippen LogP contribution >= 0.6 is 24.0 Å². The normalized spacial score (nSPS) is 18.2. The van der Waals surface area contributed by atoms with Gasteiger partial charge < -0.3 is 10.0 Å². The lowest BCUT2D eigenvalue weighted by Gasteiger charge is -2.29. The molecule has 0 atom stereocenters. The molecule has 2 aromatic rings. The molecule has 32 heavy (non-hydrogen) atoms. The summed E-state index contributed by atoms with van der Waals surface area (Å²) in [4.78, 5) is 46.0. The summed E-state index contributed by atoms with van der Waals surface area (Å²) in [5.41, 5.74) is 1.66. The zero-order valence-electron chi connectivity index (χ0n) is 17.7. The number of carboxylic acid groups (broad SMARTS) is 1. The number of anilines is 1. The maximum atomic E-state index is 13.5. The van der Waals surface area contributed by atoms with Crippen molar-refractivity contribution in [2.75, 3.05) is 24.5 Å². The number of amides is 1. The van der Waals surface area contributed by atoms with Gasteiger partial charge in [-0.3, -0.25) is 23.7 Å². The average Bonchev–Trinajstić information content (AvgIpc) is 3.04. The Morgan fingerprint density at radius 3 is 2.75 bits per heavy atom. The molecule has 0 saturated carbocycles. The van der Waals surface area contributed by atoms with Gasteiger partial charge in [0.05, 0.1) is 10.5 Å². The number of carboxylic acids is 1. The summed E-state index contributed by atoms with van der Waals surface area (Å²) in [6.45, 7) is 3.78. The Bertz CT molecular complexity index is 1180. The van der Waals surface area contributed by atoms with Crippen molar-refractivity contribution in [2.45, 2.75) is 39.0 Å². The van der Waals surface area contributed by atoms with Gasteiger partial charge in [0, 0.05) is 32.3 Å². The van der Waals surface area contributed by atoms with Crippen molar-refractivity contribution in [3.05, 3.63) is 44.7 Å². The van der Waals surface area contributed by atoms with Gasteiger partial charge in [-0.2, -0.15) is 0 Å². The highest BCUT2D eigenvalue weighted by Gasteiger charge is 2.33. The third-order valence-corrected chi connectivity index (χ3v) is 7.02. The molecule has 0 unspecified atom stereocenters. The van der Waals surface area contributed by atoms with E-state index in [-0.39, 0.29) is 24.4 Å². The molecule has 1 N–H and O–H groups in total. The molecule has 2 aliphatic rings. The fourth-order valence-electron chi connectivity index (χ4n) is 3.99. The van der Waals surface area contributed by atoms with E-state index in [0.717, 1.165) is 49.7 Å². The lowest BCUT2D eigenvalue weighted by atomic mass is 10.1. The Morgan fingerprint density at radius 1 is 1.28 bits per heavy atom. The number of thioether (sulfide) groups is 1. The molecule has 10 heteroatoms. The molecule has 2 aliphatic heterocycles. The third kappa shape index (κ3) is 4.42. The van der Waals surface area contributed by atoms with Crippen LogP contribution in [-0.4, -0.2) is 55.2 Å². The predicted molar refractivity (Wildman–Crippen MR) is 129 cm³/mol. The number of carbonyl (C=O) groups is 2. The van der Waals surface area contributed by atoms with Crippen LogP contribution in [0.25, 0.3) is 11.7 Å². The molecule has 8 nitrogen and oxygen atoms in total. The zero-order valence-corrected chi connectivity index (χ0v) is 19.4. The largest absolute Gasteiger partial charge is 0.481 e. The van der Waals surface area contributed by atoms with Crippen LogP contribution in [0.2, 0.25) is 0 Å². The maximum Gasteiger partial charge on any atom is 0.303 e. The van der Waals surface area contributed by atoms with E-state index < -0.39 is 5.97 Å². The van der Waals surface area contributed by atoms with Crippen molar-refractivity contribution < 1.29 is 14.7 Å². The van der Waals surface area contributed by atoms with Gasteiger partial charge in [0.15, 0.2) is 0 Å². The molecule has 4 heterocycles. The number of piperidine rings is 1. The standard InChI is InChI=1S/C22H24N4O4S2/c1-14-7-5-11-25-18(14)23-19(24-9-3-2-4-10-24)15(20(25)29)13-16-21(30)26(22(31)32-16)12-6-8-17(27)28/h5,7,11,13H,2-4,6,8-10,12H2,1H3,(H,27,28)/b16-13+. The number of aryl methyl sites for hydroxylation is 1. The maximum absolute atomic E-state index is 13.5. The minimum absolute atomic E-state index is 0.0372. The van der Waals surface area contributed by atoms with E-state index in [0.29, 0.717) is 32.7 Å². The van der Waals surface area contributed by atoms with Crippen molar-refractivity contribution in [2.24, 2.45) is 0 Å². The van der Waals surface area contributed by atoms with Gasteiger partial charge in [-0.05, 0) is 50.3 Å². The van der Waals surface area contributed by atoms with Gasteiger partial charge in [-0.15, -0.1) is 0 Å². The van der Waals surface area contributed by atoms with Crippen LogP contribution in [0.15, 0.2) is 28.0 Å². The van der Waals surface area contributed by atoms with Crippen molar-refractivity contribution in [3.8, 4) is 0 Å². The smallest absolute Gasteiger partial charge is 0.303 e. The molecular weight excluding hydrogens is 448 g/mol. The minimum atomic E-state index is -0.914. The second-order valence-corrected chi connectivity index (χ2v) is 9.59. The molecule has 2 saturated heterocycles. The molecule has 0 aliphatic carbocycles. The number of fused-ring (bicyclic) bond motifs is 1. The number of aromatic nitrogens is 2. The third-order valence-electron chi connectivity index (χ3n) is 5.64. The summed E-state index contributed by atoms with van der Waals surface area (Å²) in [7, 11) is 0. The number of aliphatic carboxylic acids is 1. The van der Waals surface area contributed by atoms with Gasteiger partial charge in [0.25, 0.3) is 11.5 Å². The van der Waals surface area contributed by atoms with Crippen LogP contribution < -0.4 is 10.5 Å². The Labute approximate surface area is 194 Å². The molecule has 4 rings (SSSR count). The lowest BCUT2D eigenvalue weighted by molar-refractivity contribution is -0.137. The number of hydrogen-bond acceptors (Lipinski definition) is 7. The summed E-state index contributed by atoms with van der Waals surface area (Å²) in [5, 5.41) is 8.86. The minimum Gasteiger partial charge on any atom is -0.481 e. The van der Waals surface area contributed by atoms with Crippen molar-refractivity contribution >= 4 is 57.7 Å². The lowest BCUT2D eigenvalue weighted by Crippen LogP contribution is -2.34. The SMILES string of the molecule is Cc1cccn2c(=O)c(/C=C3/SC(=S)N(CCCC(=O)O)C3=O)c(N3CCCCC3)nc12. The highest BCUT2D eigenvalue weighted by atomic mass is 32.2. The second-order valence-electron chi connectivity index (χ2n) is 7.92. The fourth-order valence-corrected chi connectivity index (χ4v) is 5.28. The molecule has 2 fully saturated rings. The Hall–Kier alpha value is -2.72. The Balaban J connectivity index is 1.76. The summed E-state index contributed by atoms with van der Waals surface area (Å²) in [6, 6.07) is 3.72. The number of thiocarbonyl (C=S) groups is 1. The van der Waals surface area contributed by atoms with Gasteiger partial charge in [-0.25, -0.2) is 4.98 Å². The predicted octanol–water partition coefficient (Wildman–Crippen LogP) is 3.06. The van der Waals surface area contributed by atoms with E-state index in [1.54, 1.807) is 18.3 Å². The first-order valence-electron chi connectivity index (χ1n) is 10.6. The van der Waals surface area contributed by atoms with Crippen LogP contribution in [-0.2, 0) is 9.59 Å². The number of pyridine rings is 1. The van der Waals surface area contributed by atoms with E-state index in [1.165, 1.54) is 9.30 Å². The molecule has 168 valence electrons. The van der Waals surface area contributed by atoms with Crippen LogP contribution in [0, 0.1) is 6.92 Å². The highest BCUT2D eigenvalue weighted by molar-refractivity contribution is 8.26. The number of carbonyl (C=O) groups excluding carboxylic acids is 1. The van der Waals surface area contributed by atoms with Crippen LogP contribution in [0.5, 0.6) is 0 Å². The van der Waals surface area contributed by atoms with E-state index in [4.69, 9.17) is 22.3 Å². The van der Waals surface area contributed by atoms with E-state index in [9.17, 15) is 14.4 Å². The molecule has 1 amide bonds. The van der Waals surface area contributed by atoms with Gasteiger partial charge >= 0.3 is 5.97 Å². The van der Waals surface area contributed by atoms with Crippen molar-refractivity contribution in [1.29, 1.82) is 0 Å². The molecule has 0 spiro atoms. The number of nitrogens with zero attached hydrogens (tertiary/aromatic N) is 4. The summed E-state index contributed by atoms with van der Waals surface area (Å²) < 4.78 is 1.89. The van der Waals surface area contributed by atoms with Crippen LogP contribution in [0.1, 0.15) is 43.2 Å². The van der Waals surface area contributed by atoms with Gasteiger partial charge in [0.2, 0.25) is 0 Å². The van der Waals surface area contributed by atoms with Crippen LogP contribution in [0.4, 0.5) is 5.82 Å². The first-order valence-corrected chi connectivity index (χ1v) is 11.8. The Kier molecular flexibility index (Phi) is 6.61. The second kappa shape index (κ2) is 9.41. The Morgan fingerprint density at radius 2 is 2.03 bits per heavy atom. The molecule has 0 bridgehead atoms. The quantitative estimate of drug-likeness (QED) is 0.506. The summed E-state index contributed by atoms with van der Waals surface area (Å²) in [5.74, 6) is -0.619. The summed E-state index contributed by atoms with van der Waals surface area (Å²) in [6.07, 6.45) is 6.76. The molecule has 2 aromatic heterocycles. The first-order chi connectivity index (χ1) is 15.4. The fraction of sp³-hybridized carbons (Fsp3) is 0.409. The van der Waals surface area contributed by atoms with E-state index >= 15 is 0 Å². The topological polar surface area (TPSA) is 95.2 Å². The average molecular weight is 473 g/mol. The zero-order chi connectivity index (χ0) is 22.8. The first kappa shape index (κ1) is 22.5. The van der Waals surface area contributed by atoms with E-state index in [2.05, 4.69) is 4.90 Å². The number of hydrogen-bond donors (Lipinski definition) is 1. The summed E-state index contributed by atoms with van der Waals surface area (Å²) >= 11 is 6.48. The molecule has 0 radical (unpaired) electrons. The monoisotopic (exact) mass is 472 g/mol. The van der Waals surface area contributed by atoms with Crippen LogP contribution in [0.3, 0.4) is 0 Å².